The Labute approximate surface area is 190 Å². The van der Waals surface area contributed by atoms with Gasteiger partial charge in [0.2, 0.25) is 0 Å². The molecule has 0 radical (unpaired) electrons. The third-order valence-corrected chi connectivity index (χ3v) is 10.4. The number of Topliss-reactive ketones (excluding diaryl/α,β-unsaturated/α-hetero) is 1. The molecule has 1 nitrogen and oxygen atoms in total. The number of rotatable bonds is 8. The fourth-order valence-corrected chi connectivity index (χ4v) is 8.61. The minimum Gasteiger partial charge on any atom is -0.294 e. The number of ketones is 1. The highest BCUT2D eigenvalue weighted by molar-refractivity contribution is 7.95. The highest BCUT2D eigenvalue weighted by Gasteiger charge is 2.44. The first kappa shape index (κ1) is 21.5. The molecule has 31 heavy (non-hydrogen) atoms. The van der Waals surface area contributed by atoms with E-state index in [1.807, 2.05) is 12.1 Å². The van der Waals surface area contributed by atoms with Gasteiger partial charge < -0.3 is 0 Å². The molecule has 0 amide bonds. The lowest BCUT2D eigenvalue weighted by Gasteiger charge is -2.27. The Bertz CT molecular complexity index is 1010. The van der Waals surface area contributed by atoms with Crippen LogP contribution in [0.3, 0.4) is 0 Å². The van der Waals surface area contributed by atoms with Crippen molar-refractivity contribution in [3.05, 3.63) is 126 Å². The molecule has 0 aliphatic heterocycles. The van der Waals surface area contributed by atoms with Gasteiger partial charge in [-0.05, 0) is 67.1 Å². The van der Waals surface area contributed by atoms with Crippen molar-refractivity contribution in [3.63, 3.8) is 0 Å². The quantitative estimate of drug-likeness (QED) is 0.231. The van der Waals surface area contributed by atoms with Crippen LogP contribution in [0.1, 0.15) is 23.2 Å². The predicted octanol–water partition coefficient (Wildman–Crippen LogP) is 6.30. The van der Waals surface area contributed by atoms with Crippen molar-refractivity contribution < 1.29 is 4.79 Å². The summed E-state index contributed by atoms with van der Waals surface area (Å²) < 4.78 is 0. The average molecular weight is 444 g/mol. The van der Waals surface area contributed by atoms with Crippen molar-refractivity contribution in [2.24, 2.45) is 0 Å². The molecule has 0 fully saturated rings. The van der Waals surface area contributed by atoms with E-state index in [-0.39, 0.29) is 5.78 Å². The second kappa shape index (κ2) is 10.1. The zero-order valence-corrected chi connectivity index (χ0v) is 19.0. The summed E-state index contributed by atoms with van der Waals surface area (Å²) in [6, 6.07) is 39.6. The molecule has 0 aliphatic carbocycles. The highest BCUT2D eigenvalue weighted by atomic mass is 35.5. The van der Waals surface area contributed by atoms with Gasteiger partial charge in [0.25, 0.3) is 0 Å². The fraction of sp³-hybridized carbons (Fsp3) is 0.107. The van der Waals surface area contributed by atoms with Crippen LogP contribution in [0.5, 0.6) is 0 Å². The summed E-state index contributed by atoms with van der Waals surface area (Å²) in [6.07, 6.45) is 2.30. The third kappa shape index (κ3) is 4.79. The van der Waals surface area contributed by atoms with Gasteiger partial charge >= 0.3 is 0 Å². The van der Waals surface area contributed by atoms with Gasteiger partial charge in [-0.25, -0.2) is 0 Å². The summed E-state index contributed by atoms with van der Waals surface area (Å²) in [7, 11) is -1.88. The Morgan fingerprint density at radius 1 is 0.613 bits per heavy atom. The molecule has 0 N–H and O–H groups in total. The van der Waals surface area contributed by atoms with Crippen molar-refractivity contribution in [1.82, 2.24) is 0 Å². The minimum atomic E-state index is -1.88. The molecule has 3 heteroatoms. The smallest absolute Gasteiger partial charge is 0.163 e. The van der Waals surface area contributed by atoms with E-state index < -0.39 is 7.26 Å². The summed E-state index contributed by atoms with van der Waals surface area (Å²) >= 11 is 5.98. The number of hydrogen-bond acceptors (Lipinski definition) is 1. The van der Waals surface area contributed by atoms with Gasteiger partial charge in [-0.15, -0.1) is 0 Å². The Balaban J connectivity index is 1.70. The largest absolute Gasteiger partial charge is 0.294 e. The summed E-state index contributed by atoms with van der Waals surface area (Å²) in [4.78, 5) is 12.8. The molecule has 0 bridgehead atoms. The van der Waals surface area contributed by atoms with Crippen LogP contribution in [0, 0.1) is 0 Å². The van der Waals surface area contributed by atoms with E-state index in [2.05, 4.69) is 91.0 Å². The highest BCUT2D eigenvalue weighted by Crippen LogP contribution is 2.55. The SMILES string of the molecule is O=C(CCC[P+](c1ccccc1)(c1ccccc1)c1ccccc1)c1ccc(Cl)cc1. The first-order chi connectivity index (χ1) is 15.2. The van der Waals surface area contributed by atoms with Gasteiger partial charge in [-0.2, -0.15) is 0 Å². The second-order valence-corrected chi connectivity index (χ2v) is 11.6. The first-order valence-electron chi connectivity index (χ1n) is 10.5. The van der Waals surface area contributed by atoms with Crippen molar-refractivity contribution >= 4 is 40.6 Å². The predicted molar refractivity (Wildman–Crippen MR) is 135 cm³/mol. The molecule has 0 atom stereocenters. The van der Waals surface area contributed by atoms with E-state index in [1.54, 1.807) is 12.1 Å². The van der Waals surface area contributed by atoms with Crippen LogP contribution in [-0.4, -0.2) is 11.9 Å². The number of halogens is 1. The molecule has 4 aromatic rings. The van der Waals surface area contributed by atoms with Crippen LogP contribution in [0.2, 0.25) is 5.02 Å². The molecule has 0 aliphatic rings. The van der Waals surface area contributed by atoms with Gasteiger partial charge in [-0.3, -0.25) is 4.79 Å². The summed E-state index contributed by atoms with van der Waals surface area (Å²) in [6.45, 7) is 0. The van der Waals surface area contributed by atoms with E-state index in [0.29, 0.717) is 11.4 Å². The van der Waals surface area contributed by atoms with Crippen molar-refractivity contribution in [2.45, 2.75) is 12.8 Å². The third-order valence-electron chi connectivity index (χ3n) is 5.65. The molecule has 154 valence electrons. The lowest BCUT2D eigenvalue weighted by molar-refractivity contribution is 0.0982. The summed E-state index contributed by atoms with van der Waals surface area (Å²) in [5, 5.41) is 4.71. The van der Waals surface area contributed by atoms with Crippen LogP contribution in [0.15, 0.2) is 115 Å². The molecule has 4 rings (SSSR count). The van der Waals surface area contributed by atoms with Gasteiger partial charge in [0.1, 0.15) is 23.2 Å². The Morgan fingerprint density at radius 2 is 1.03 bits per heavy atom. The number of benzene rings is 4. The van der Waals surface area contributed by atoms with E-state index in [4.69, 9.17) is 11.6 Å². The van der Waals surface area contributed by atoms with Crippen molar-refractivity contribution in [3.8, 4) is 0 Å². The van der Waals surface area contributed by atoms with Crippen LogP contribution < -0.4 is 15.9 Å². The van der Waals surface area contributed by atoms with E-state index in [1.165, 1.54) is 15.9 Å². The fourth-order valence-electron chi connectivity index (χ4n) is 4.14. The molecule has 0 saturated heterocycles. The molecule has 4 aromatic carbocycles. The summed E-state index contributed by atoms with van der Waals surface area (Å²) in [5.41, 5.74) is 0.729. The van der Waals surface area contributed by atoms with Gasteiger partial charge in [0.05, 0.1) is 6.16 Å². The topological polar surface area (TPSA) is 17.1 Å². The molecule has 0 saturated carbocycles. The van der Waals surface area contributed by atoms with Crippen LogP contribution in [0.25, 0.3) is 0 Å². The maximum Gasteiger partial charge on any atom is 0.163 e. The molecule has 0 heterocycles. The van der Waals surface area contributed by atoms with E-state index >= 15 is 0 Å². The molecule has 0 spiro atoms. The lowest BCUT2D eigenvalue weighted by Crippen LogP contribution is -2.33. The Kier molecular flexibility index (Phi) is 6.97. The molecule has 0 aromatic heterocycles. The summed E-state index contributed by atoms with van der Waals surface area (Å²) in [5.74, 6) is 0.170. The first-order valence-corrected chi connectivity index (χ1v) is 12.9. The van der Waals surface area contributed by atoms with E-state index in [0.717, 1.165) is 18.1 Å². The van der Waals surface area contributed by atoms with Gasteiger partial charge in [0.15, 0.2) is 5.78 Å². The van der Waals surface area contributed by atoms with E-state index in [9.17, 15) is 4.79 Å². The van der Waals surface area contributed by atoms with Crippen LogP contribution >= 0.6 is 18.9 Å². The second-order valence-electron chi connectivity index (χ2n) is 7.57. The van der Waals surface area contributed by atoms with Gasteiger partial charge in [-0.1, -0.05) is 66.2 Å². The monoisotopic (exact) mass is 443 g/mol. The van der Waals surface area contributed by atoms with Crippen molar-refractivity contribution in [1.29, 1.82) is 0 Å². The van der Waals surface area contributed by atoms with Crippen LogP contribution in [-0.2, 0) is 0 Å². The zero-order valence-electron chi connectivity index (χ0n) is 17.3. The standard InChI is InChI=1S/C28H25ClOP/c29-24-20-18-23(19-21-24)28(30)17-10-22-31(25-11-4-1-5-12-25,26-13-6-2-7-14-26)27-15-8-3-9-16-27/h1-9,11-16,18-21H,10,17,22H2/q+1. The number of hydrogen-bond donors (Lipinski definition) is 0. The Morgan fingerprint density at radius 3 is 1.45 bits per heavy atom. The maximum atomic E-state index is 12.8. The average Bonchev–Trinajstić information content (AvgIpc) is 2.84. The Hall–Kier alpha value is -2.73. The van der Waals surface area contributed by atoms with Gasteiger partial charge in [0, 0.05) is 17.0 Å². The number of carbonyl (C=O) groups excluding carboxylic acids is 1. The minimum absolute atomic E-state index is 0.170. The molecule has 0 unspecified atom stereocenters. The molecular formula is C28H25ClOP+. The normalized spacial score (nSPS) is 11.3. The number of carbonyl (C=O) groups is 1. The van der Waals surface area contributed by atoms with Crippen LogP contribution in [0.4, 0.5) is 0 Å². The van der Waals surface area contributed by atoms with Crippen molar-refractivity contribution in [2.75, 3.05) is 6.16 Å². The molecular weight excluding hydrogens is 419 g/mol. The zero-order chi connectivity index (χ0) is 21.5. The maximum absolute atomic E-state index is 12.8. The lowest BCUT2D eigenvalue weighted by atomic mass is 10.1.